The van der Waals surface area contributed by atoms with E-state index in [-0.39, 0.29) is 12.6 Å². The predicted octanol–water partition coefficient (Wildman–Crippen LogP) is 2.87. The van der Waals surface area contributed by atoms with Gasteiger partial charge in [0.1, 0.15) is 12.4 Å². The van der Waals surface area contributed by atoms with Gasteiger partial charge in [0.15, 0.2) is 11.2 Å². The minimum absolute atomic E-state index is 0.0443. The maximum absolute atomic E-state index is 13.1. The van der Waals surface area contributed by atoms with Gasteiger partial charge in [0, 0.05) is 13.1 Å². The van der Waals surface area contributed by atoms with E-state index in [9.17, 15) is 14.4 Å². The normalized spacial score (nSPS) is 15.0. The van der Waals surface area contributed by atoms with E-state index in [1.54, 1.807) is 4.57 Å². The summed E-state index contributed by atoms with van der Waals surface area (Å²) in [6.45, 7) is 4.83. The Morgan fingerprint density at radius 3 is 2.52 bits per heavy atom. The van der Waals surface area contributed by atoms with Crippen LogP contribution in [-0.4, -0.2) is 25.1 Å². The number of rotatable bonds is 8. The van der Waals surface area contributed by atoms with E-state index in [0.717, 1.165) is 37.7 Å². The second-order valence-corrected chi connectivity index (χ2v) is 8.09. The molecule has 0 bridgehead atoms. The first-order valence-corrected chi connectivity index (χ1v) is 11.0. The number of hydrogen-bond donors (Lipinski definition) is 1. The largest absolute Gasteiger partial charge is 0.457 e. The van der Waals surface area contributed by atoms with Crippen molar-refractivity contribution >= 4 is 17.1 Å². The third-order valence-electron chi connectivity index (χ3n) is 6.27. The Kier molecular flexibility index (Phi) is 5.80. The van der Waals surface area contributed by atoms with Gasteiger partial charge in [-0.1, -0.05) is 50.1 Å². The average molecular weight is 425 g/mol. The van der Waals surface area contributed by atoms with Crippen molar-refractivity contribution in [2.75, 3.05) is 0 Å². The second-order valence-electron chi connectivity index (χ2n) is 8.09. The molecule has 0 spiro atoms. The molecular formula is C23H28N4O4. The fourth-order valence-corrected chi connectivity index (χ4v) is 4.36. The van der Waals surface area contributed by atoms with E-state index in [2.05, 4.69) is 9.97 Å². The van der Waals surface area contributed by atoms with Crippen molar-refractivity contribution in [2.24, 2.45) is 0 Å². The summed E-state index contributed by atoms with van der Waals surface area (Å²) in [6.07, 6.45) is 4.21. The molecule has 1 aliphatic carbocycles. The van der Waals surface area contributed by atoms with Gasteiger partial charge in [0.05, 0.1) is 5.41 Å². The first-order valence-electron chi connectivity index (χ1n) is 11.0. The standard InChI is InChI=1S/C23H28N4O4/c1-3-5-14-27-19-18(20(28)25-22(27)30)26(4-2)17(24-19)15-31-21(29)23(12-9-13-23)16-10-7-6-8-11-16/h6-8,10-11H,3-5,9,12-15H2,1-2H3,(H,25,28,30). The summed E-state index contributed by atoms with van der Waals surface area (Å²) in [5.74, 6) is 0.201. The quantitative estimate of drug-likeness (QED) is 0.561. The maximum atomic E-state index is 13.1. The van der Waals surface area contributed by atoms with Crippen molar-refractivity contribution < 1.29 is 9.53 Å². The number of unbranched alkanes of at least 4 members (excludes halogenated alkanes) is 1. The topological polar surface area (TPSA) is 99.0 Å². The second kappa shape index (κ2) is 8.53. The number of ether oxygens (including phenoxy) is 1. The zero-order chi connectivity index (χ0) is 22.0. The maximum Gasteiger partial charge on any atom is 0.330 e. The number of hydrogen-bond acceptors (Lipinski definition) is 5. The molecule has 0 atom stereocenters. The lowest BCUT2D eigenvalue weighted by molar-refractivity contribution is -0.156. The SMILES string of the molecule is CCCCn1c(=O)[nH]c(=O)c2c1nc(COC(=O)C1(c3ccccc3)CCC1)n2CC. The van der Waals surface area contributed by atoms with E-state index in [4.69, 9.17) is 4.74 Å². The molecule has 2 heterocycles. The molecule has 31 heavy (non-hydrogen) atoms. The van der Waals surface area contributed by atoms with Crippen LogP contribution >= 0.6 is 0 Å². The number of carbonyl (C=O) groups excluding carboxylic acids is 1. The van der Waals surface area contributed by atoms with Gasteiger partial charge in [-0.3, -0.25) is 19.1 Å². The molecule has 2 aromatic heterocycles. The number of fused-ring (bicyclic) bond motifs is 1. The summed E-state index contributed by atoms with van der Waals surface area (Å²) in [5.41, 5.74) is 0.111. The van der Waals surface area contributed by atoms with E-state index in [1.807, 2.05) is 44.2 Å². The van der Waals surface area contributed by atoms with Crippen LogP contribution in [0.2, 0.25) is 0 Å². The molecule has 3 aromatic rings. The molecule has 8 nitrogen and oxygen atoms in total. The van der Waals surface area contributed by atoms with E-state index >= 15 is 0 Å². The molecule has 0 unspecified atom stereocenters. The van der Waals surface area contributed by atoms with Crippen LogP contribution in [0, 0.1) is 0 Å². The first-order chi connectivity index (χ1) is 15.0. The third kappa shape index (κ3) is 3.60. The molecule has 0 saturated heterocycles. The molecular weight excluding hydrogens is 396 g/mol. The molecule has 0 aliphatic heterocycles. The van der Waals surface area contributed by atoms with Crippen LogP contribution in [0.25, 0.3) is 11.2 Å². The fourth-order valence-electron chi connectivity index (χ4n) is 4.36. The Balaban J connectivity index is 1.66. The summed E-state index contributed by atoms with van der Waals surface area (Å²) >= 11 is 0. The van der Waals surface area contributed by atoms with E-state index in [1.165, 1.54) is 4.57 Å². The average Bonchev–Trinajstić information content (AvgIpc) is 3.11. The number of aromatic amines is 1. The van der Waals surface area contributed by atoms with Gasteiger partial charge in [0.25, 0.3) is 5.56 Å². The Bertz CT molecular complexity index is 1200. The summed E-state index contributed by atoms with van der Waals surface area (Å²) in [5, 5.41) is 0. The van der Waals surface area contributed by atoms with Crippen LogP contribution in [0.3, 0.4) is 0 Å². The van der Waals surface area contributed by atoms with Gasteiger partial charge >= 0.3 is 11.7 Å². The first kappa shape index (κ1) is 21.1. The summed E-state index contributed by atoms with van der Waals surface area (Å²) < 4.78 is 8.95. The summed E-state index contributed by atoms with van der Waals surface area (Å²) in [4.78, 5) is 44.9. The van der Waals surface area contributed by atoms with Crippen LogP contribution in [0.5, 0.6) is 0 Å². The lowest BCUT2D eigenvalue weighted by atomic mass is 9.64. The molecule has 1 aliphatic rings. The van der Waals surface area contributed by atoms with E-state index in [0.29, 0.717) is 30.1 Å². The number of H-pyrrole nitrogens is 1. The monoisotopic (exact) mass is 424 g/mol. The lowest BCUT2D eigenvalue weighted by Gasteiger charge is -2.39. The van der Waals surface area contributed by atoms with Crippen LogP contribution < -0.4 is 11.2 Å². The predicted molar refractivity (Wildman–Crippen MR) is 117 cm³/mol. The molecule has 1 N–H and O–H groups in total. The highest BCUT2D eigenvalue weighted by Crippen LogP contribution is 2.44. The Labute approximate surface area is 179 Å². The van der Waals surface area contributed by atoms with Crippen LogP contribution in [0.4, 0.5) is 0 Å². The number of nitrogens with zero attached hydrogens (tertiary/aromatic N) is 3. The van der Waals surface area contributed by atoms with Crippen LogP contribution in [0.15, 0.2) is 39.9 Å². The smallest absolute Gasteiger partial charge is 0.330 e. The number of imidazole rings is 1. The molecule has 4 rings (SSSR count). The lowest BCUT2D eigenvalue weighted by Crippen LogP contribution is -2.43. The number of nitrogens with one attached hydrogen (secondary N) is 1. The van der Waals surface area contributed by atoms with Crippen molar-refractivity contribution in [3.8, 4) is 0 Å². The number of carbonyl (C=O) groups is 1. The summed E-state index contributed by atoms with van der Waals surface area (Å²) in [7, 11) is 0. The zero-order valence-electron chi connectivity index (χ0n) is 18.0. The van der Waals surface area contributed by atoms with E-state index < -0.39 is 16.7 Å². The van der Waals surface area contributed by atoms with Crippen LogP contribution in [-0.2, 0) is 34.6 Å². The molecule has 1 saturated carbocycles. The summed E-state index contributed by atoms with van der Waals surface area (Å²) in [6, 6.07) is 9.73. The van der Waals surface area contributed by atoms with Crippen molar-refractivity contribution in [2.45, 2.75) is 71.1 Å². The number of benzene rings is 1. The minimum atomic E-state index is -0.606. The molecule has 8 heteroatoms. The van der Waals surface area contributed by atoms with Gasteiger partial charge in [-0.2, -0.15) is 0 Å². The van der Waals surface area contributed by atoms with Gasteiger partial charge in [-0.25, -0.2) is 9.78 Å². The molecule has 0 radical (unpaired) electrons. The van der Waals surface area contributed by atoms with Gasteiger partial charge in [-0.05, 0) is 31.7 Å². The molecule has 0 amide bonds. The third-order valence-corrected chi connectivity index (χ3v) is 6.27. The number of aryl methyl sites for hydroxylation is 2. The minimum Gasteiger partial charge on any atom is -0.457 e. The number of aromatic nitrogens is 4. The number of esters is 1. The molecule has 1 aromatic carbocycles. The van der Waals surface area contributed by atoms with Gasteiger partial charge < -0.3 is 9.30 Å². The highest BCUT2D eigenvalue weighted by atomic mass is 16.5. The highest BCUT2D eigenvalue weighted by Gasteiger charge is 2.47. The van der Waals surface area contributed by atoms with Gasteiger partial charge in [0.2, 0.25) is 0 Å². The van der Waals surface area contributed by atoms with Gasteiger partial charge in [-0.15, -0.1) is 0 Å². The Morgan fingerprint density at radius 2 is 1.90 bits per heavy atom. The van der Waals surface area contributed by atoms with Crippen molar-refractivity contribution in [1.29, 1.82) is 0 Å². The molecule has 1 fully saturated rings. The van der Waals surface area contributed by atoms with Crippen LogP contribution in [0.1, 0.15) is 57.3 Å². The Hall–Kier alpha value is -3.16. The fraction of sp³-hybridized carbons (Fsp3) is 0.478. The van der Waals surface area contributed by atoms with Crippen molar-refractivity contribution in [3.63, 3.8) is 0 Å². The molecule has 164 valence electrons. The van der Waals surface area contributed by atoms with Crippen molar-refractivity contribution in [3.05, 3.63) is 62.6 Å². The Morgan fingerprint density at radius 1 is 1.16 bits per heavy atom. The highest BCUT2D eigenvalue weighted by molar-refractivity contribution is 5.84. The van der Waals surface area contributed by atoms with Crippen molar-refractivity contribution in [1.82, 2.24) is 19.1 Å². The zero-order valence-corrected chi connectivity index (χ0v) is 18.0.